The van der Waals surface area contributed by atoms with Crippen LogP contribution in [0, 0.1) is 0 Å². The molecule has 136 valence electrons. The van der Waals surface area contributed by atoms with Crippen LogP contribution in [0.2, 0.25) is 0 Å². The predicted molar refractivity (Wildman–Crippen MR) is 101 cm³/mol. The second-order valence-corrected chi connectivity index (χ2v) is 8.10. The molecule has 1 aliphatic carbocycles. The van der Waals surface area contributed by atoms with E-state index in [2.05, 4.69) is 22.9 Å². The van der Waals surface area contributed by atoms with Gasteiger partial charge in [0.2, 0.25) is 0 Å². The van der Waals surface area contributed by atoms with Crippen molar-refractivity contribution in [3.05, 3.63) is 28.8 Å². The Morgan fingerprint density at radius 3 is 2.36 bits per heavy atom. The highest BCUT2D eigenvalue weighted by atomic mass is 16.2. The zero-order valence-electron chi connectivity index (χ0n) is 15.5. The van der Waals surface area contributed by atoms with Gasteiger partial charge in [0.1, 0.15) is 0 Å². The molecule has 0 spiro atoms. The van der Waals surface area contributed by atoms with Crippen molar-refractivity contribution in [2.45, 2.75) is 44.2 Å². The van der Waals surface area contributed by atoms with Gasteiger partial charge in [-0.2, -0.15) is 0 Å². The number of anilines is 1. The summed E-state index contributed by atoms with van der Waals surface area (Å²) in [6, 6.07) is 4.87. The van der Waals surface area contributed by atoms with Gasteiger partial charge in [0.15, 0.2) is 0 Å². The minimum atomic E-state index is 0.0838. The lowest BCUT2D eigenvalue weighted by atomic mass is 9.79. The van der Waals surface area contributed by atoms with E-state index in [1.807, 2.05) is 13.1 Å². The summed E-state index contributed by atoms with van der Waals surface area (Å²) in [5.74, 6) is 0.665. The fourth-order valence-electron chi connectivity index (χ4n) is 4.93. The lowest BCUT2D eigenvalue weighted by molar-refractivity contribution is 0.0817. The van der Waals surface area contributed by atoms with Crippen LogP contribution in [-0.2, 0) is 6.54 Å². The van der Waals surface area contributed by atoms with Gasteiger partial charge in [-0.15, -0.1) is 0 Å². The number of carbonyl (C=O) groups is 1. The van der Waals surface area contributed by atoms with Crippen molar-refractivity contribution in [1.82, 2.24) is 14.7 Å². The van der Waals surface area contributed by atoms with Gasteiger partial charge in [-0.05, 0) is 55.8 Å². The van der Waals surface area contributed by atoms with Gasteiger partial charge in [0.25, 0.3) is 5.91 Å². The van der Waals surface area contributed by atoms with Crippen molar-refractivity contribution >= 4 is 11.6 Å². The van der Waals surface area contributed by atoms with Crippen molar-refractivity contribution in [2.75, 3.05) is 46.0 Å². The van der Waals surface area contributed by atoms with Crippen molar-refractivity contribution in [3.63, 3.8) is 0 Å². The van der Waals surface area contributed by atoms with Gasteiger partial charge in [0.05, 0.1) is 5.56 Å². The average Bonchev–Trinajstić information content (AvgIpc) is 2.92. The number of nitrogens with two attached hydrogens (primary N) is 1. The Bertz CT molecular complexity index is 658. The van der Waals surface area contributed by atoms with Crippen LogP contribution in [0.3, 0.4) is 0 Å². The topological polar surface area (TPSA) is 52.8 Å². The number of piperazine rings is 1. The number of carbonyl (C=O) groups excluding carboxylic acids is 1. The fourth-order valence-corrected chi connectivity index (χ4v) is 4.93. The molecular weight excluding hydrogens is 312 g/mol. The number of nitrogens with zero attached hydrogens (tertiary/aromatic N) is 3. The molecule has 1 saturated carbocycles. The summed E-state index contributed by atoms with van der Waals surface area (Å²) in [4.78, 5) is 19.3. The van der Waals surface area contributed by atoms with Gasteiger partial charge >= 0.3 is 0 Å². The first-order valence-corrected chi connectivity index (χ1v) is 9.64. The van der Waals surface area contributed by atoms with Crippen LogP contribution in [0.1, 0.15) is 53.1 Å². The molecule has 0 bridgehead atoms. The molecule has 2 heterocycles. The second-order valence-electron chi connectivity index (χ2n) is 8.10. The molecule has 0 unspecified atom stereocenters. The minimum Gasteiger partial charge on any atom is -0.398 e. The van der Waals surface area contributed by atoms with E-state index in [0.717, 1.165) is 11.6 Å². The van der Waals surface area contributed by atoms with Crippen LogP contribution in [0.25, 0.3) is 0 Å². The average molecular weight is 342 g/mol. The molecule has 2 fully saturated rings. The van der Waals surface area contributed by atoms with E-state index in [-0.39, 0.29) is 5.91 Å². The number of fused-ring (bicyclic) bond motifs is 1. The number of likely N-dealkylation sites (N-methyl/N-ethyl adjacent to an activating group) is 1. The molecule has 0 aromatic heterocycles. The Labute approximate surface area is 150 Å². The van der Waals surface area contributed by atoms with Gasteiger partial charge in [-0.1, -0.05) is 6.07 Å². The van der Waals surface area contributed by atoms with Crippen molar-refractivity contribution in [1.29, 1.82) is 0 Å². The normalized spacial score (nSPS) is 28.4. The van der Waals surface area contributed by atoms with Gasteiger partial charge < -0.3 is 15.5 Å². The Morgan fingerprint density at radius 2 is 1.68 bits per heavy atom. The molecule has 2 N–H and O–H groups in total. The Hall–Kier alpha value is -1.59. The van der Waals surface area contributed by atoms with E-state index < -0.39 is 0 Å². The largest absolute Gasteiger partial charge is 0.398 e. The van der Waals surface area contributed by atoms with Gasteiger partial charge in [-0.3, -0.25) is 9.69 Å². The molecule has 1 aromatic carbocycles. The quantitative estimate of drug-likeness (QED) is 0.837. The standard InChI is InChI=1S/C20H30N4O/c1-22-9-11-24(12-10-22)15-5-3-14(4-6-15)16-7-8-18(21)19-17(16)13-23(2)20(19)25/h7-8,14-15H,3-6,9-13,21H2,1-2H3/t14-,15+. The number of amides is 1. The van der Waals surface area contributed by atoms with Crippen molar-refractivity contribution < 1.29 is 4.79 Å². The fraction of sp³-hybridized carbons (Fsp3) is 0.650. The Kier molecular flexibility index (Phi) is 4.46. The molecule has 1 amide bonds. The summed E-state index contributed by atoms with van der Waals surface area (Å²) < 4.78 is 0. The molecule has 2 aliphatic heterocycles. The van der Waals surface area contributed by atoms with Gasteiger partial charge in [-0.25, -0.2) is 0 Å². The minimum absolute atomic E-state index is 0.0838. The van der Waals surface area contributed by atoms with Crippen molar-refractivity contribution in [3.8, 4) is 0 Å². The number of rotatable bonds is 2. The molecule has 0 radical (unpaired) electrons. The highest BCUT2D eigenvalue weighted by Gasteiger charge is 2.33. The number of hydrogen-bond donors (Lipinski definition) is 1. The maximum absolute atomic E-state index is 12.4. The molecule has 25 heavy (non-hydrogen) atoms. The SMILES string of the molecule is CN1CCN([C@H]2CC[C@@H](c3ccc(N)c4c3CN(C)C4=O)CC2)CC1. The van der Waals surface area contributed by atoms with E-state index in [1.165, 1.54) is 63.0 Å². The van der Waals surface area contributed by atoms with Crippen LogP contribution in [0.15, 0.2) is 12.1 Å². The molecular formula is C20H30N4O. The van der Waals surface area contributed by atoms with E-state index in [0.29, 0.717) is 18.2 Å². The molecule has 0 atom stereocenters. The Morgan fingerprint density at radius 1 is 1.00 bits per heavy atom. The van der Waals surface area contributed by atoms with E-state index in [1.54, 1.807) is 4.90 Å². The van der Waals surface area contributed by atoms with Crippen molar-refractivity contribution in [2.24, 2.45) is 0 Å². The summed E-state index contributed by atoms with van der Waals surface area (Å²) in [6.07, 6.45) is 5.01. The lowest BCUT2D eigenvalue weighted by Gasteiger charge is -2.41. The third-order valence-electron chi connectivity index (χ3n) is 6.53. The van der Waals surface area contributed by atoms with Gasteiger partial charge in [0, 0.05) is 51.5 Å². The van der Waals surface area contributed by atoms with Crippen LogP contribution in [0.5, 0.6) is 0 Å². The maximum atomic E-state index is 12.4. The number of hydrogen-bond acceptors (Lipinski definition) is 4. The summed E-state index contributed by atoms with van der Waals surface area (Å²) in [5, 5.41) is 0. The third-order valence-corrected chi connectivity index (χ3v) is 6.53. The summed E-state index contributed by atoms with van der Waals surface area (Å²) in [7, 11) is 4.09. The van der Waals surface area contributed by atoms with Crippen LogP contribution < -0.4 is 5.73 Å². The first-order chi connectivity index (χ1) is 12.0. The highest BCUT2D eigenvalue weighted by Crippen LogP contribution is 2.40. The first-order valence-electron chi connectivity index (χ1n) is 9.64. The summed E-state index contributed by atoms with van der Waals surface area (Å²) >= 11 is 0. The molecule has 1 aromatic rings. The zero-order valence-corrected chi connectivity index (χ0v) is 15.5. The van der Waals surface area contributed by atoms with E-state index in [4.69, 9.17) is 5.73 Å². The van der Waals surface area contributed by atoms with E-state index in [9.17, 15) is 4.79 Å². The summed E-state index contributed by atoms with van der Waals surface area (Å²) in [5.41, 5.74) is 10.1. The lowest BCUT2D eigenvalue weighted by Crippen LogP contribution is -2.49. The molecule has 3 aliphatic rings. The number of benzene rings is 1. The third kappa shape index (κ3) is 3.04. The van der Waals surface area contributed by atoms with E-state index >= 15 is 0 Å². The van der Waals surface area contributed by atoms with Crippen LogP contribution in [0.4, 0.5) is 5.69 Å². The molecule has 5 nitrogen and oxygen atoms in total. The summed E-state index contributed by atoms with van der Waals surface area (Å²) in [6.45, 7) is 5.53. The van der Waals surface area contributed by atoms with Crippen LogP contribution >= 0.6 is 0 Å². The Balaban J connectivity index is 1.46. The monoisotopic (exact) mass is 342 g/mol. The predicted octanol–water partition coefficient (Wildman–Crippen LogP) is 2.13. The smallest absolute Gasteiger partial charge is 0.256 e. The van der Waals surface area contributed by atoms with Crippen LogP contribution in [-0.4, -0.2) is 66.9 Å². The number of nitrogen functional groups attached to an aromatic ring is 1. The highest BCUT2D eigenvalue weighted by molar-refractivity contribution is 6.03. The second kappa shape index (κ2) is 6.61. The maximum Gasteiger partial charge on any atom is 0.256 e. The molecule has 5 heteroatoms. The zero-order chi connectivity index (χ0) is 17.6. The molecule has 4 rings (SSSR count). The molecule has 1 saturated heterocycles. The first kappa shape index (κ1) is 16.9.